The van der Waals surface area contributed by atoms with E-state index in [1.54, 1.807) is 0 Å². The lowest BCUT2D eigenvalue weighted by atomic mass is 9.98. The fourth-order valence-electron chi connectivity index (χ4n) is 2.13. The molecule has 0 spiro atoms. The van der Waals surface area contributed by atoms with Gasteiger partial charge in [0.1, 0.15) is 0 Å². The third-order valence-electron chi connectivity index (χ3n) is 3.68. The number of aliphatic hydroxyl groups is 1. The molecule has 1 fully saturated rings. The molecule has 1 aliphatic heterocycles. The number of aliphatic hydroxyl groups excluding tert-OH is 1. The van der Waals surface area contributed by atoms with E-state index in [2.05, 4.69) is 38.8 Å². The molecule has 1 saturated heterocycles. The van der Waals surface area contributed by atoms with Gasteiger partial charge < -0.3 is 9.84 Å². The summed E-state index contributed by atoms with van der Waals surface area (Å²) in [6.07, 6.45) is 7.34. The summed E-state index contributed by atoms with van der Waals surface area (Å²) >= 11 is 0. The second-order valence-electron chi connectivity index (χ2n) is 5.58. The van der Waals surface area contributed by atoms with Crippen molar-refractivity contribution in [1.82, 2.24) is 0 Å². The smallest absolute Gasteiger partial charge is 0.0813 e. The summed E-state index contributed by atoms with van der Waals surface area (Å²) in [5, 5.41) is 9.07. The Morgan fingerprint density at radius 2 is 2.22 bits per heavy atom. The molecule has 0 bridgehead atoms. The van der Waals surface area contributed by atoms with Crippen molar-refractivity contribution in [3.63, 3.8) is 0 Å². The number of hydrogen-bond donors (Lipinski definition) is 1. The van der Waals surface area contributed by atoms with E-state index in [1.165, 1.54) is 0 Å². The highest BCUT2D eigenvalue weighted by atomic mass is 16.5. The van der Waals surface area contributed by atoms with Crippen molar-refractivity contribution in [3.05, 3.63) is 12.3 Å². The Kier molecular flexibility index (Phi) is 6.58. The predicted molar refractivity (Wildman–Crippen MR) is 75.8 cm³/mol. The van der Waals surface area contributed by atoms with Crippen LogP contribution in [0.3, 0.4) is 0 Å². The molecule has 104 valence electrons. The van der Waals surface area contributed by atoms with Crippen LogP contribution in [-0.4, -0.2) is 29.6 Å². The van der Waals surface area contributed by atoms with Gasteiger partial charge in [0.05, 0.1) is 18.8 Å². The van der Waals surface area contributed by atoms with E-state index in [1.807, 2.05) is 6.20 Å². The fraction of sp³-hybridized carbons (Fsp3) is 0.800. The number of hydrogen-bond acceptors (Lipinski definition) is 3. The van der Waals surface area contributed by atoms with Gasteiger partial charge in [-0.15, -0.1) is 0 Å². The third kappa shape index (κ3) is 4.91. The number of rotatable bonds is 6. The average Bonchev–Trinajstić information content (AvgIpc) is 2.69. The van der Waals surface area contributed by atoms with Crippen LogP contribution in [0.5, 0.6) is 0 Å². The first-order valence-corrected chi connectivity index (χ1v) is 7.00. The summed E-state index contributed by atoms with van der Waals surface area (Å²) < 4.78 is 5.77. The molecule has 3 atom stereocenters. The number of ether oxygens (including phenoxy) is 1. The maximum atomic E-state index is 9.07. The molecule has 0 aliphatic carbocycles. The van der Waals surface area contributed by atoms with Crippen LogP contribution in [-0.2, 0) is 4.74 Å². The molecular weight excluding hydrogens is 226 g/mol. The SMILES string of the molecule is CC(=NC=CCCC1OC(CO)CC1C)C(C)C. The number of allylic oxidation sites excluding steroid dienone is 1. The van der Waals surface area contributed by atoms with Gasteiger partial charge in [-0.1, -0.05) is 26.8 Å². The first kappa shape index (κ1) is 15.4. The minimum absolute atomic E-state index is 0.0511. The van der Waals surface area contributed by atoms with Crippen LogP contribution < -0.4 is 0 Å². The summed E-state index contributed by atoms with van der Waals surface area (Å²) in [5.74, 6) is 1.06. The van der Waals surface area contributed by atoms with E-state index in [0.29, 0.717) is 17.9 Å². The maximum absolute atomic E-state index is 9.07. The number of nitrogens with zero attached hydrogens (tertiary/aromatic N) is 1. The van der Waals surface area contributed by atoms with Crippen molar-refractivity contribution in [2.24, 2.45) is 16.8 Å². The van der Waals surface area contributed by atoms with Crippen LogP contribution >= 0.6 is 0 Å². The zero-order chi connectivity index (χ0) is 13.5. The first-order valence-electron chi connectivity index (χ1n) is 7.00. The van der Waals surface area contributed by atoms with Gasteiger partial charge in [-0.3, -0.25) is 4.99 Å². The highest BCUT2D eigenvalue weighted by molar-refractivity contribution is 5.84. The van der Waals surface area contributed by atoms with Crippen LogP contribution in [0.1, 0.15) is 47.0 Å². The van der Waals surface area contributed by atoms with Crippen LogP contribution in [0, 0.1) is 11.8 Å². The van der Waals surface area contributed by atoms with Crippen molar-refractivity contribution < 1.29 is 9.84 Å². The van der Waals surface area contributed by atoms with Gasteiger partial charge in [0.25, 0.3) is 0 Å². The van der Waals surface area contributed by atoms with Crippen LogP contribution in [0.25, 0.3) is 0 Å². The van der Waals surface area contributed by atoms with Crippen LogP contribution in [0.2, 0.25) is 0 Å². The summed E-state index contributed by atoms with van der Waals surface area (Å²) in [6, 6.07) is 0. The zero-order valence-corrected chi connectivity index (χ0v) is 12.1. The Morgan fingerprint density at radius 3 is 2.78 bits per heavy atom. The van der Waals surface area contributed by atoms with Gasteiger partial charge in [0.2, 0.25) is 0 Å². The first-order chi connectivity index (χ1) is 8.54. The van der Waals surface area contributed by atoms with Crippen molar-refractivity contribution >= 4 is 5.71 Å². The highest BCUT2D eigenvalue weighted by Gasteiger charge is 2.30. The molecule has 0 aromatic heterocycles. The van der Waals surface area contributed by atoms with E-state index in [0.717, 1.165) is 25.0 Å². The molecule has 0 amide bonds. The highest BCUT2D eigenvalue weighted by Crippen LogP contribution is 2.28. The molecule has 3 unspecified atom stereocenters. The molecule has 0 saturated carbocycles. The molecule has 0 radical (unpaired) electrons. The third-order valence-corrected chi connectivity index (χ3v) is 3.68. The average molecular weight is 253 g/mol. The van der Waals surface area contributed by atoms with Gasteiger partial charge in [-0.25, -0.2) is 0 Å². The molecule has 3 heteroatoms. The van der Waals surface area contributed by atoms with Gasteiger partial charge in [0, 0.05) is 11.9 Å². The molecular formula is C15H27NO2. The Hall–Kier alpha value is -0.670. The van der Waals surface area contributed by atoms with E-state index >= 15 is 0 Å². The summed E-state index contributed by atoms with van der Waals surface area (Å²) in [4.78, 5) is 4.39. The standard InChI is InChI=1S/C15H27NO2/c1-11(2)13(4)16-8-6-5-7-15-12(3)9-14(10-17)18-15/h6,8,11-12,14-15,17H,5,7,9-10H2,1-4H3. The molecule has 1 aliphatic rings. The largest absolute Gasteiger partial charge is 0.394 e. The topological polar surface area (TPSA) is 41.8 Å². The Balaban J connectivity index is 2.26. The normalized spacial score (nSPS) is 29.7. The molecule has 0 aromatic rings. The number of aliphatic imine (C=N–C) groups is 1. The Labute approximate surface area is 111 Å². The minimum Gasteiger partial charge on any atom is -0.394 e. The Morgan fingerprint density at radius 1 is 1.50 bits per heavy atom. The second kappa shape index (κ2) is 7.70. The molecule has 0 aromatic carbocycles. The van der Waals surface area contributed by atoms with Gasteiger partial charge in [-0.2, -0.15) is 0 Å². The van der Waals surface area contributed by atoms with Crippen LogP contribution in [0.4, 0.5) is 0 Å². The van der Waals surface area contributed by atoms with Gasteiger partial charge >= 0.3 is 0 Å². The molecule has 1 N–H and O–H groups in total. The van der Waals surface area contributed by atoms with Gasteiger partial charge in [0.15, 0.2) is 0 Å². The van der Waals surface area contributed by atoms with E-state index in [9.17, 15) is 0 Å². The molecule has 1 heterocycles. The van der Waals surface area contributed by atoms with E-state index in [-0.39, 0.29) is 12.7 Å². The Bertz CT molecular complexity index is 297. The molecule has 1 rings (SSSR count). The molecule has 18 heavy (non-hydrogen) atoms. The van der Waals surface area contributed by atoms with Gasteiger partial charge in [-0.05, 0) is 38.0 Å². The quantitative estimate of drug-likeness (QED) is 0.739. The summed E-state index contributed by atoms with van der Waals surface area (Å²) in [5.41, 5.74) is 1.16. The van der Waals surface area contributed by atoms with Crippen molar-refractivity contribution in [1.29, 1.82) is 0 Å². The lowest BCUT2D eigenvalue weighted by molar-refractivity contribution is 0.00316. The zero-order valence-electron chi connectivity index (χ0n) is 12.1. The fourth-order valence-corrected chi connectivity index (χ4v) is 2.13. The van der Waals surface area contributed by atoms with Crippen molar-refractivity contribution in [3.8, 4) is 0 Å². The van der Waals surface area contributed by atoms with Crippen molar-refractivity contribution in [2.75, 3.05) is 6.61 Å². The predicted octanol–water partition coefficient (Wildman–Crippen LogP) is 3.18. The monoisotopic (exact) mass is 253 g/mol. The van der Waals surface area contributed by atoms with Crippen LogP contribution in [0.15, 0.2) is 17.3 Å². The summed E-state index contributed by atoms with van der Waals surface area (Å²) in [7, 11) is 0. The maximum Gasteiger partial charge on any atom is 0.0813 e. The lowest BCUT2D eigenvalue weighted by Gasteiger charge is -2.13. The summed E-state index contributed by atoms with van der Waals surface area (Å²) in [6.45, 7) is 8.70. The van der Waals surface area contributed by atoms with E-state index in [4.69, 9.17) is 9.84 Å². The minimum atomic E-state index is 0.0511. The van der Waals surface area contributed by atoms with Crippen molar-refractivity contribution in [2.45, 2.75) is 59.2 Å². The van der Waals surface area contributed by atoms with E-state index < -0.39 is 0 Å². The second-order valence-corrected chi connectivity index (χ2v) is 5.58. The lowest BCUT2D eigenvalue weighted by Crippen LogP contribution is -2.15. The molecule has 3 nitrogen and oxygen atoms in total.